The summed E-state index contributed by atoms with van der Waals surface area (Å²) in [5.74, 6) is 1.10. The Hall–Kier alpha value is -2.52. The van der Waals surface area contributed by atoms with Crippen LogP contribution in [0.1, 0.15) is 42.1 Å². The molecule has 0 fully saturated rings. The smallest absolute Gasteiger partial charge is 0.267 e. The van der Waals surface area contributed by atoms with Gasteiger partial charge >= 0.3 is 0 Å². The molecular weight excluding hydrogens is 500 g/mol. The molecule has 0 unspecified atom stereocenters. The fraction of sp³-hybridized carbons (Fsp3) is 0.417. The minimum absolute atomic E-state index is 0.114. The third-order valence-corrected chi connectivity index (χ3v) is 7.12. The summed E-state index contributed by atoms with van der Waals surface area (Å²) in [6.45, 7) is 7.76. The van der Waals surface area contributed by atoms with E-state index in [0.717, 1.165) is 48.8 Å². The first-order chi connectivity index (χ1) is 15.8. The molecule has 1 amide bonds. The molecule has 2 aromatic rings. The van der Waals surface area contributed by atoms with Gasteiger partial charge in [-0.25, -0.2) is 9.97 Å². The Morgan fingerprint density at radius 2 is 2.00 bits per heavy atom. The molecule has 2 heterocycles. The quantitative estimate of drug-likeness (QED) is 0.520. The highest BCUT2D eigenvalue weighted by molar-refractivity contribution is 9.11. The van der Waals surface area contributed by atoms with Gasteiger partial charge in [-0.15, -0.1) is 11.3 Å². The van der Waals surface area contributed by atoms with E-state index in [1.54, 1.807) is 18.6 Å². The lowest BCUT2D eigenvalue weighted by molar-refractivity contribution is 0.0966. The SMILES string of the molecule is Cc1nc(Br)sc1C(=O)NC1=C(N(C)CCN(C)c2cnccn2)C=C(C(C)C)C=CCC1. The molecule has 0 spiro atoms. The van der Waals surface area contributed by atoms with Crippen LogP contribution < -0.4 is 10.2 Å². The minimum atomic E-state index is -0.114. The summed E-state index contributed by atoms with van der Waals surface area (Å²) < 4.78 is 0.714. The Morgan fingerprint density at radius 1 is 1.24 bits per heavy atom. The zero-order valence-corrected chi connectivity index (χ0v) is 22.2. The molecule has 9 heteroatoms. The Balaban J connectivity index is 1.88. The van der Waals surface area contributed by atoms with Gasteiger partial charge in [-0.05, 0) is 53.3 Å². The number of hydrogen-bond donors (Lipinski definition) is 1. The molecule has 0 bridgehead atoms. The monoisotopic (exact) mass is 530 g/mol. The van der Waals surface area contributed by atoms with E-state index in [1.165, 1.54) is 16.9 Å². The van der Waals surface area contributed by atoms with Gasteiger partial charge < -0.3 is 15.1 Å². The maximum atomic E-state index is 13.1. The molecule has 2 aromatic heterocycles. The topological polar surface area (TPSA) is 74.2 Å². The highest BCUT2D eigenvalue weighted by atomic mass is 79.9. The molecule has 0 radical (unpaired) electrons. The number of amides is 1. The van der Waals surface area contributed by atoms with Crippen LogP contribution in [0.15, 0.2) is 57.7 Å². The summed E-state index contributed by atoms with van der Waals surface area (Å²) in [6.07, 6.45) is 13.3. The van der Waals surface area contributed by atoms with E-state index in [0.29, 0.717) is 14.7 Å². The van der Waals surface area contributed by atoms with Crippen molar-refractivity contribution >= 4 is 39.0 Å². The van der Waals surface area contributed by atoms with Gasteiger partial charge in [-0.1, -0.05) is 26.0 Å². The largest absolute Gasteiger partial charge is 0.371 e. The van der Waals surface area contributed by atoms with Gasteiger partial charge in [0.05, 0.1) is 17.6 Å². The van der Waals surface area contributed by atoms with Gasteiger partial charge in [-0.3, -0.25) is 9.78 Å². The van der Waals surface area contributed by atoms with Crippen molar-refractivity contribution in [3.05, 3.63) is 68.3 Å². The molecule has 33 heavy (non-hydrogen) atoms. The number of hydrogen-bond acceptors (Lipinski definition) is 7. The summed E-state index contributed by atoms with van der Waals surface area (Å²) in [4.78, 5) is 30.9. The number of aromatic nitrogens is 3. The van der Waals surface area contributed by atoms with E-state index < -0.39 is 0 Å². The highest BCUT2D eigenvalue weighted by Crippen LogP contribution is 2.26. The van der Waals surface area contributed by atoms with Crippen LogP contribution >= 0.6 is 27.3 Å². The van der Waals surface area contributed by atoms with Crippen molar-refractivity contribution in [3.63, 3.8) is 0 Å². The molecule has 0 atom stereocenters. The minimum Gasteiger partial charge on any atom is -0.371 e. The summed E-state index contributed by atoms with van der Waals surface area (Å²) >= 11 is 4.74. The predicted molar refractivity (Wildman–Crippen MR) is 138 cm³/mol. The number of nitrogens with one attached hydrogen (secondary N) is 1. The van der Waals surface area contributed by atoms with E-state index in [4.69, 9.17) is 0 Å². The van der Waals surface area contributed by atoms with Crippen LogP contribution in [0.3, 0.4) is 0 Å². The van der Waals surface area contributed by atoms with Crippen LogP contribution in [0.4, 0.5) is 5.82 Å². The first-order valence-corrected chi connectivity index (χ1v) is 12.6. The van der Waals surface area contributed by atoms with Crippen molar-refractivity contribution in [2.24, 2.45) is 5.92 Å². The van der Waals surface area contributed by atoms with Crippen molar-refractivity contribution < 1.29 is 4.79 Å². The van der Waals surface area contributed by atoms with E-state index in [2.05, 4.69) is 85.1 Å². The maximum Gasteiger partial charge on any atom is 0.267 e. The average Bonchev–Trinajstić information content (AvgIpc) is 3.12. The van der Waals surface area contributed by atoms with Crippen LogP contribution in [0, 0.1) is 12.8 Å². The number of nitrogens with zero attached hydrogens (tertiary/aromatic N) is 5. The maximum absolute atomic E-state index is 13.1. The number of carbonyl (C=O) groups is 1. The molecule has 3 rings (SSSR count). The Labute approximate surface area is 208 Å². The van der Waals surface area contributed by atoms with Gasteiger partial charge in [0.1, 0.15) is 10.7 Å². The number of aryl methyl sites for hydroxylation is 1. The Morgan fingerprint density at radius 3 is 2.64 bits per heavy atom. The second-order valence-corrected chi connectivity index (χ2v) is 10.6. The third kappa shape index (κ3) is 6.74. The van der Waals surface area contributed by atoms with Gasteiger partial charge in [0.2, 0.25) is 0 Å². The highest BCUT2D eigenvalue weighted by Gasteiger charge is 2.20. The number of rotatable bonds is 8. The lowest BCUT2D eigenvalue weighted by Gasteiger charge is -2.28. The fourth-order valence-electron chi connectivity index (χ4n) is 3.49. The molecule has 176 valence electrons. The molecule has 0 saturated heterocycles. The average molecular weight is 532 g/mol. The van der Waals surface area contributed by atoms with E-state index in [1.807, 2.05) is 14.0 Å². The molecule has 0 aliphatic heterocycles. The Bertz CT molecular complexity index is 1060. The molecule has 1 aliphatic carbocycles. The number of halogens is 1. The zero-order valence-electron chi connectivity index (χ0n) is 19.8. The fourth-order valence-corrected chi connectivity index (χ4v) is 4.93. The van der Waals surface area contributed by atoms with E-state index in [9.17, 15) is 4.79 Å². The van der Waals surface area contributed by atoms with Gasteiger partial charge in [0.25, 0.3) is 5.91 Å². The van der Waals surface area contributed by atoms with Gasteiger partial charge in [-0.2, -0.15) is 0 Å². The first-order valence-electron chi connectivity index (χ1n) is 11.0. The second-order valence-electron chi connectivity index (χ2n) is 8.35. The third-order valence-electron chi connectivity index (χ3n) is 5.51. The van der Waals surface area contributed by atoms with Crippen molar-refractivity contribution in [3.8, 4) is 0 Å². The molecule has 7 nitrogen and oxygen atoms in total. The van der Waals surface area contributed by atoms with Gasteiger partial charge in [0.15, 0.2) is 3.92 Å². The second kappa shape index (κ2) is 11.6. The number of thiazole rings is 1. The summed E-state index contributed by atoms with van der Waals surface area (Å²) in [7, 11) is 4.08. The summed E-state index contributed by atoms with van der Waals surface area (Å²) in [6, 6.07) is 0. The molecule has 1 aliphatic rings. The van der Waals surface area contributed by atoms with Crippen molar-refractivity contribution in [1.82, 2.24) is 25.2 Å². The summed E-state index contributed by atoms with van der Waals surface area (Å²) in [5.41, 5.74) is 3.93. The molecule has 0 saturated carbocycles. The van der Waals surface area contributed by atoms with Crippen molar-refractivity contribution in [2.75, 3.05) is 32.1 Å². The molecular formula is C24H31BrN6OS. The van der Waals surface area contributed by atoms with Crippen molar-refractivity contribution in [2.45, 2.75) is 33.6 Å². The van der Waals surface area contributed by atoms with E-state index >= 15 is 0 Å². The predicted octanol–water partition coefficient (Wildman–Crippen LogP) is 4.95. The van der Waals surface area contributed by atoms with E-state index in [-0.39, 0.29) is 5.91 Å². The standard InChI is InChI=1S/C24H31BrN6OS/c1-16(2)18-8-6-7-9-19(29-23(32)22-17(3)28-24(25)33-22)20(14-18)30(4)12-13-31(5)21-15-26-10-11-27-21/h6,8,10-11,14-16H,7,9,12-13H2,1-5H3,(H,29,32). The van der Waals surface area contributed by atoms with Crippen LogP contribution in [-0.2, 0) is 0 Å². The molecule has 1 N–H and O–H groups in total. The van der Waals surface area contributed by atoms with Crippen molar-refractivity contribution in [1.29, 1.82) is 0 Å². The Kier molecular flexibility index (Phi) is 8.80. The lowest BCUT2D eigenvalue weighted by Crippen LogP contribution is -2.33. The van der Waals surface area contributed by atoms with Crippen LogP contribution in [0.2, 0.25) is 0 Å². The van der Waals surface area contributed by atoms with Gasteiger partial charge in [0, 0.05) is 45.3 Å². The lowest BCUT2D eigenvalue weighted by atomic mass is 9.97. The van der Waals surface area contributed by atoms with Crippen LogP contribution in [0.5, 0.6) is 0 Å². The normalized spacial score (nSPS) is 14.1. The number of allylic oxidation sites excluding steroid dienone is 5. The number of anilines is 1. The summed E-state index contributed by atoms with van der Waals surface area (Å²) in [5, 5.41) is 3.20. The zero-order chi connectivity index (χ0) is 24.0. The van der Waals surface area contributed by atoms with Crippen LogP contribution in [-0.4, -0.2) is 52.9 Å². The number of likely N-dealkylation sites (N-methyl/N-ethyl adjacent to an activating group) is 2. The first kappa shape index (κ1) is 25.1. The number of carbonyl (C=O) groups excluding carboxylic acids is 1. The molecule has 0 aromatic carbocycles. The van der Waals surface area contributed by atoms with Crippen LogP contribution in [0.25, 0.3) is 0 Å².